The van der Waals surface area contributed by atoms with Crippen LogP contribution in [0, 0.1) is 0 Å². The zero-order chi connectivity index (χ0) is 12.3. The van der Waals surface area contributed by atoms with Crippen LogP contribution in [-0.2, 0) is 9.53 Å². The molecule has 2 atom stereocenters. The Morgan fingerprint density at radius 1 is 1.41 bits per heavy atom. The van der Waals surface area contributed by atoms with Gasteiger partial charge in [0.05, 0.1) is 7.11 Å². The van der Waals surface area contributed by atoms with E-state index in [1.807, 2.05) is 25.1 Å². The van der Waals surface area contributed by atoms with Gasteiger partial charge < -0.3 is 10.1 Å². The molecule has 0 amide bonds. The van der Waals surface area contributed by atoms with Crippen molar-refractivity contribution in [2.24, 2.45) is 0 Å². The van der Waals surface area contributed by atoms with Crippen molar-refractivity contribution in [3.05, 3.63) is 35.9 Å². The molecule has 1 N–H and O–H groups in total. The number of esters is 1. The quantitative estimate of drug-likeness (QED) is 0.795. The summed E-state index contributed by atoms with van der Waals surface area (Å²) in [4.78, 5) is 11.8. The Hall–Kier alpha value is -1.35. The van der Waals surface area contributed by atoms with E-state index in [0.29, 0.717) is 5.92 Å². The van der Waals surface area contributed by atoms with Gasteiger partial charge >= 0.3 is 5.97 Å². The number of rotatable bonds is 2. The molecule has 1 aromatic carbocycles. The number of carbonyl (C=O) groups excluding carboxylic acids is 1. The molecule has 3 nitrogen and oxygen atoms in total. The van der Waals surface area contributed by atoms with Crippen LogP contribution in [0.3, 0.4) is 0 Å². The van der Waals surface area contributed by atoms with E-state index in [9.17, 15) is 4.79 Å². The number of hydrogen-bond acceptors (Lipinski definition) is 3. The SMILES string of the molecule is COC(=O)C1(C)CC(c2ccccc2)CCN1. The summed E-state index contributed by atoms with van der Waals surface area (Å²) < 4.78 is 4.88. The second-order valence-corrected chi connectivity index (χ2v) is 4.85. The molecule has 92 valence electrons. The molecule has 3 heteroatoms. The van der Waals surface area contributed by atoms with Crippen molar-refractivity contribution < 1.29 is 9.53 Å². The first-order valence-corrected chi connectivity index (χ1v) is 6.04. The van der Waals surface area contributed by atoms with Crippen LogP contribution in [0.25, 0.3) is 0 Å². The molecule has 0 bridgehead atoms. The highest BCUT2D eigenvalue weighted by molar-refractivity contribution is 5.80. The number of benzene rings is 1. The lowest BCUT2D eigenvalue weighted by Crippen LogP contribution is -2.54. The maximum Gasteiger partial charge on any atom is 0.325 e. The first kappa shape index (κ1) is 12.1. The van der Waals surface area contributed by atoms with E-state index in [2.05, 4.69) is 17.4 Å². The summed E-state index contributed by atoms with van der Waals surface area (Å²) in [6.45, 7) is 2.78. The zero-order valence-electron chi connectivity index (χ0n) is 10.4. The number of nitrogens with one attached hydrogen (secondary N) is 1. The minimum atomic E-state index is -0.548. The highest BCUT2D eigenvalue weighted by Gasteiger charge is 2.39. The summed E-state index contributed by atoms with van der Waals surface area (Å²) in [6, 6.07) is 10.4. The predicted octanol–water partition coefficient (Wildman–Crippen LogP) is 2.09. The molecule has 1 aliphatic heterocycles. The Morgan fingerprint density at radius 3 is 2.76 bits per heavy atom. The summed E-state index contributed by atoms with van der Waals surface area (Å²) >= 11 is 0. The summed E-state index contributed by atoms with van der Waals surface area (Å²) in [5.74, 6) is 0.264. The van der Waals surface area contributed by atoms with Gasteiger partial charge in [0.25, 0.3) is 0 Å². The maximum absolute atomic E-state index is 11.8. The largest absolute Gasteiger partial charge is 0.468 e. The molecule has 1 aromatic rings. The summed E-state index contributed by atoms with van der Waals surface area (Å²) in [7, 11) is 1.45. The molecule has 1 saturated heterocycles. The monoisotopic (exact) mass is 233 g/mol. The van der Waals surface area contributed by atoms with Crippen molar-refractivity contribution in [1.29, 1.82) is 0 Å². The summed E-state index contributed by atoms with van der Waals surface area (Å²) in [5, 5.41) is 3.27. The van der Waals surface area contributed by atoms with Crippen molar-refractivity contribution in [3.63, 3.8) is 0 Å². The van der Waals surface area contributed by atoms with Gasteiger partial charge in [-0.15, -0.1) is 0 Å². The normalized spacial score (nSPS) is 28.7. The second kappa shape index (κ2) is 4.88. The Bertz CT molecular complexity index is 390. The van der Waals surface area contributed by atoms with Crippen LogP contribution < -0.4 is 5.32 Å². The van der Waals surface area contributed by atoms with E-state index in [-0.39, 0.29) is 5.97 Å². The van der Waals surface area contributed by atoms with Crippen LogP contribution in [0.1, 0.15) is 31.2 Å². The molecule has 0 radical (unpaired) electrons. The lowest BCUT2D eigenvalue weighted by Gasteiger charge is -2.37. The van der Waals surface area contributed by atoms with Gasteiger partial charge in [-0.3, -0.25) is 4.79 Å². The molecular formula is C14H19NO2. The van der Waals surface area contributed by atoms with Gasteiger partial charge in [-0.05, 0) is 37.8 Å². The highest BCUT2D eigenvalue weighted by atomic mass is 16.5. The minimum absolute atomic E-state index is 0.168. The van der Waals surface area contributed by atoms with Gasteiger partial charge in [0, 0.05) is 0 Å². The Kier molecular flexibility index (Phi) is 3.48. The number of methoxy groups -OCH3 is 1. The molecular weight excluding hydrogens is 214 g/mol. The molecule has 2 unspecified atom stereocenters. The van der Waals surface area contributed by atoms with Crippen LogP contribution in [0.5, 0.6) is 0 Å². The molecule has 1 fully saturated rings. The second-order valence-electron chi connectivity index (χ2n) is 4.85. The van der Waals surface area contributed by atoms with Crippen LogP contribution in [0.4, 0.5) is 0 Å². The maximum atomic E-state index is 11.8. The highest BCUT2D eigenvalue weighted by Crippen LogP contribution is 2.33. The van der Waals surface area contributed by atoms with E-state index in [0.717, 1.165) is 19.4 Å². The van der Waals surface area contributed by atoms with Gasteiger partial charge in [-0.2, -0.15) is 0 Å². The van der Waals surface area contributed by atoms with Gasteiger partial charge in [-0.25, -0.2) is 0 Å². The summed E-state index contributed by atoms with van der Waals surface area (Å²) in [6.07, 6.45) is 1.86. The smallest absolute Gasteiger partial charge is 0.325 e. The van der Waals surface area contributed by atoms with Crippen molar-refractivity contribution in [3.8, 4) is 0 Å². The van der Waals surface area contributed by atoms with Crippen LogP contribution in [0.2, 0.25) is 0 Å². The third-order valence-corrected chi connectivity index (χ3v) is 3.57. The van der Waals surface area contributed by atoms with Crippen LogP contribution in [-0.4, -0.2) is 25.2 Å². The topological polar surface area (TPSA) is 38.3 Å². The molecule has 1 heterocycles. The van der Waals surface area contributed by atoms with E-state index in [4.69, 9.17) is 4.74 Å². The van der Waals surface area contributed by atoms with Gasteiger partial charge in [-0.1, -0.05) is 30.3 Å². The first-order chi connectivity index (χ1) is 8.15. The van der Waals surface area contributed by atoms with E-state index < -0.39 is 5.54 Å². The average Bonchev–Trinajstić information content (AvgIpc) is 2.39. The molecule has 0 saturated carbocycles. The van der Waals surface area contributed by atoms with Crippen molar-refractivity contribution >= 4 is 5.97 Å². The van der Waals surface area contributed by atoms with Gasteiger partial charge in [0.15, 0.2) is 0 Å². The molecule has 0 spiro atoms. The van der Waals surface area contributed by atoms with E-state index >= 15 is 0 Å². The Labute approximate surface area is 102 Å². The number of hydrogen-bond donors (Lipinski definition) is 1. The Morgan fingerprint density at radius 2 is 2.12 bits per heavy atom. The molecule has 17 heavy (non-hydrogen) atoms. The molecule has 0 aromatic heterocycles. The lowest BCUT2D eigenvalue weighted by atomic mass is 9.79. The van der Waals surface area contributed by atoms with Crippen LogP contribution >= 0.6 is 0 Å². The van der Waals surface area contributed by atoms with Gasteiger partial charge in [0.1, 0.15) is 5.54 Å². The van der Waals surface area contributed by atoms with Crippen molar-refractivity contribution in [1.82, 2.24) is 5.32 Å². The van der Waals surface area contributed by atoms with Crippen molar-refractivity contribution in [2.75, 3.05) is 13.7 Å². The van der Waals surface area contributed by atoms with Crippen LogP contribution in [0.15, 0.2) is 30.3 Å². The molecule has 0 aliphatic carbocycles. The van der Waals surface area contributed by atoms with E-state index in [1.165, 1.54) is 12.7 Å². The fourth-order valence-electron chi connectivity index (χ4n) is 2.58. The average molecular weight is 233 g/mol. The van der Waals surface area contributed by atoms with E-state index in [1.54, 1.807) is 0 Å². The van der Waals surface area contributed by atoms with Gasteiger partial charge in [0.2, 0.25) is 0 Å². The lowest BCUT2D eigenvalue weighted by molar-refractivity contribution is -0.149. The number of ether oxygens (including phenoxy) is 1. The third kappa shape index (κ3) is 2.50. The Balaban J connectivity index is 2.15. The molecule has 2 rings (SSSR count). The third-order valence-electron chi connectivity index (χ3n) is 3.57. The summed E-state index contributed by atoms with van der Waals surface area (Å²) in [5.41, 5.74) is 0.761. The standard InChI is InChI=1S/C14H19NO2/c1-14(13(16)17-2)10-12(8-9-15-14)11-6-4-3-5-7-11/h3-7,12,15H,8-10H2,1-2H3. The molecule has 1 aliphatic rings. The van der Waals surface area contributed by atoms with Crippen molar-refractivity contribution in [2.45, 2.75) is 31.2 Å². The fourth-order valence-corrected chi connectivity index (χ4v) is 2.58. The minimum Gasteiger partial charge on any atom is -0.468 e. The first-order valence-electron chi connectivity index (χ1n) is 6.04. The number of carbonyl (C=O) groups is 1. The number of piperidine rings is 1. The predicted molar refractivity (Wildman–Crippen MR) is 66.8 cm³/mol. The fraction of sp³-hybridized carbons (Fsp3) is 0.500. The zero-order valence-corrected chi connectivity index (χ0v) is 10.4.